The first-order chi connectivity index (χ1) is 11.0. The smallest absolute Gasteiger partial charge is 0.00161 e. The molecule has 1 nitrogen and oxygen atoms in total. The van der Waals surface area contributed by atoms with Crippen molar-refractivity contribution in [3.05, 3.63) is 0 Å². The highest BCUT2D eigenvalue weighted by Gasteiger charge is 2.68. The van der Waals surface area contributed by atoms with Gasteiger partial charge in [-0.3, -0.25) is 0 Å². The molecule has 3 fully saturated rings. The molecule has 1 N–H and O–H groups in total. The van der Waals surface area contributed by atoms with Gasteiger partial charge in [0.05, 0.1) is 0 Å². The predicted octanol–water partition coefficient (Wildman–Crippen LogP) is 6.28. The van der Waals surface area contributed by atoms with E-state index in [-0.39, 0.29) is 0 Å². The molecule has 1 aliphatic heterocycles. The highest BCUT2D eigenvalue weighted by Crippen LogP contribution is 2.73. The van der Waals surface area contributed by atoms with Crippen molar-refractivity contribution in [1.82, 2.24) is 5.32 Å². The minimum absolute atomic E-state index is 0.466. The van der Waals surface area contributed by atoms with E-state index >= 15 is 0 Å². The number of hydrogen-bond donors (Lipinski definition) is 1. The Bertz CT molecular complexity index is 459. The zero-order valence-corrected chi connectivity index (χ0v) is 17.6. The SMILES string of the molecule is CC(C1CCCC(C(C)(C)C)CC1)C12CNCC(C)(C)CC1(C)C2. The normalized spacial score (nSPS) is 44.1. The second kappa shape index (κ2) is 6.00. The van der Waals surface area contributed by atoms with E-state index in [1.165, 1.54) is 58.0 Å². The van der Waals surface area contributed by atoms with E-state index in [1.807, 2.05) is 0 Å². The maximum Gasteiger partial charge on any atom is 0.00161 e. The molecule has 0 radical (unpaired) electrons. The minimum Gasteiger partial charge on any atom is -0.316 e. The van der Waals surface area contributed by atoms with Crippen LogP contribution in [0.1, 0.15) is 93.4 Å². The molecule has 3 aliphatic rings. The fraction of sp³-hybridized carbons (Fsp3) is 1.00. The summed E-state index contributed by atoms with van der Waals surface area (Å²) in [6, 6.07) is 0. The molecule has 5 atom stereocenters. The second-order valence-electron chi connectivity index (χ2n) is 12.0. The van der Waals surface area contributed by atoms with Crippen LogP contribution in [0.25, 0.3) is 0 Å². The summed E-state index contributed by atoms with van der Waals surface area (Å²) < 4.78 is 0. The summed E-state index contributed by atoms with van der Waals surface area (Å²) in [4.78, 5) is 0. The third-order valence-electron chi connectivity index (χ3n) is 8.51. The Morgan fingerprint density at radius 2 is 1.62 bits per heavy atom. The molecule has 2 aliphatic carbocycles. The van der Waals surface area contributed by atoms with Gasteiger partial charge in [-0.05, 0) is 71.5 Å². The van der Waals surface area contributed by atoms with Crippen molar-refractivity contribution in [3.63, 3.8) is 0 Å². The molecular weight excluding hydrogens is 290 g/mol. The van der Waals surface area contributed by atoms with E-state index in [4.69, 9.17) is 0 Å². The maximum absolute atomic E-state index is 3.86. The quantitative estimate of drug-likeness (QED) is 0.586. The van der Waals surface area contributed by atoms with Crippen LogP contribution in [0.2, 0.25) is 0 Å². The first-order valence-electron chi connectivity index (χ1n) is 10.7. The van der Waals surface area contributed by atoms with Gasteiger partial charge in [0.25, 0.3) is 0 Å². The van der Waals surface area contributed by atoms with E-state index in [2.05, 4.69) is 53.8 Å². The first-order valence-corrected chi connectivity index (χ1v) is 10.7. The van der Waals surface area contributed by atoms with Gasteiger partial charge in [0, 0.05) is 13.1 Å². The van der Waals surface area contributed by atoms with Crippen LogP contribution in [-0.4, -0.2) is 13.1 Å². The molecule has 0 aromatic heterocycles. The van der Waals surface area contributed by atoms with Gasteiger partial charge in [0.15, 0.2) is 0 Å². The monoisotopic (exact) mass is 333 g/mol. The molecule has 2 saturated carbocycles. The van der Waals surface area contributed by atoms with Crippen molar-refractivity contribution in [2.75, 3.05) is 13.1 Å². The number of hydrogen-bond acceptors (Lipinski definition) is 1. The highest BCUT2D eigenvalue weighted by atomic mass is 15.0. The molecule has 140 valence electrons. The van der Waals surface area contributed by atoms with Crippen molar-refractivity contribution in [2.24, 2.45) is 39.4 Å². The number of nitrogens with one attached hydrogen (secondary N) is 1. The van der Waals surface area contributed by atoms with Crippen LogP contribution >= 0.6 is 0 Å². The fourth-order valence-electron chi connectivity index (χ4n) is 6.93. The van der Waals surface area contributed by atoms with Gasteiger partial charge in [0.1, 0.15) is 0 Å². The Morgan fingerprint density at radius 3 is 2.29 bits per heavy atom. The third kappa shape index (κ3) is 3.31. The maximum atomic E-state index is 3.86. The molecule has 24 heavy (non-hydrogen) atoms. The van der Waals surface area contributed by atoms with Crippen LogP contribution < -0.4 is 5.32 Å². The number of rotatable bonds is 2. The van der Waals surface area contributed by atoms with Crippen LogP contribution in [0.3, 0.4) is 0 Å². The lowest BCUT2D eigenvalue weighted by atomic mass is 9.70. The van der Waals surface area contributed by atoms with Crippen LogP contribution in [0.5, 0.6) is 0 Å². The first kappa shape index (κ1) is 18.7. The molecule has 0 aromatic carbocycles. The van der Waals surface area contributed by atoms with E-state index in [0.29, 0.717) is 21.7 Å². The Kier molecular flexibility index (Phi) is 4.69. The second-order valence-corrected chi connectivity index (χ2v) is 12.0. The lowest BCUT2D eigenvalue weighted by molar-refractivity contribution is 0.149. The van der Waals surface area contributed by atoms with Crippen molar-refractivity contribution in [1.29, 1.82) is 0 Å². The zero-order valence-electron chi connectivity index (χ0n) is 17.6. The van der Waals surface area contributed by atoms with Crippen molar-refractivity contribution >= 4 is 0 Å². The molecule has 0 bridgehead atoms. The van der Waals surface area contributed by atoms with E-state index < -0.39 is 0 Å². The topological polar surface area (TPSA) is 12.0 Å². The molecule has 0 aromatic rings. The van der Waals surface area contributed by atoms with Gasteiger partial charge in [-0.25, -0.2) is 0 Å². The molecule has 1 heteroatoms. The molecule has 0 amide bonds. The Balaban J connectivity index is 1.70. The van der Waals surface area contributed by atoms with Crippen LogP contribution in [0.15, 0.2) is 0 Å². The highest BCUT2D eigenvalue weighted by molar-refractivity contribution is 5.18. The molecule has 1 heterocycles. The van der Waals surface area contributed by atoms with Gasteiger partial charge >= 0.3 is 0 Å². The van der Waals surface area contributed by atoms with Gasteiger partial charge < -0.3 is 5.32 Å². The lowest BCUT2D eigenvalue weighted by Gasteiger charge is -2.35. The van der Waals surface area contributed by atoms with Gasteiger partial charge in [-0.1, -0.05) is 61.3 Å². The van der Waals surface area contributed by atoms with Gasteiger partial charge in [-0.2, -0.15) is 0 Å². The lowest BCUT2D eigenvalue weighted by Crippen LogP contribution is -2.35. The average Bonchev–Trinajstić information content (AvgIpc) is 3.09. The molecule has 3 rings (SSSR count). The number of fused-ring (bicyclic) bond motifs is 1. The average molecular weight is 334 g/mol. The summed E-state index contributed by atoms with van der Waals surface area (Å²) in [6.07, 6.45) is 10.2. The standard InChI is InChI=1S/C23H43N/c1-17(18-9-8-10-19(12-11-18)20(2,3)4)23-14-22(23,7)13-21(5,6)15-24-16-23/h17-19,24H,8-16H2,1-7H3. The molecule has 1 saturated heterocycles. The van der Waals surface area contributed by atoms with Crippen LogP contribution in [-0.2, 0) is 0 Å². The third-order valence-corrected chi connectivity index (χ3v) is 8.51. The van der Waals surface area contributed by atoms with E-state index in [1.54, 1.807) is 0 Å². The minimum atomic E-state index is 0.466. The van der Waals surface area contributed by atoms with Gasteiger partial charge in [0.2, 0.25) is 0 Å². The largest absolute Gasteiger partial charge is 0.316 e. The zero-order chi connectivity index (χ0) is 17.8. The van der Waals surface area contributed by atoms with Crippen molar-refractivity contribution < 1.29 is 0 Å². The Hall–Kier alpha value is -0.0400. The van der Waals surface area contributed by atoms with Crippen molar-refractivity contribution in [2.45, 2.75) is 93.4 Å². The van der Waals surface area contributed by atoms with Crippen LogP contribution in [0, 0.1) is 39.4 Å². The molecule has 0 spiro atoms. The Labute approximate surface area is 151 Å². The molecule has 5 unspecified atom stereocenters. The van der Waals surface area contributed by atoms with Gasteiger partial charge in [-0.15, -0.1) is 0 Å². The summed E-state index contributed by atoms with van der Waals surface area (Å²) in [5, 5.41) is 3.86. The van der Waals surface area contributed by atoms with Crippen molar-refractivity contribution in [3.8, 4) is 0 Å². The molecular formula is C23H43N. The van der Waals surface area contributed by atoms with Crippen LogP contribution in [0.4, 0.5) is 0 Å². The van der Waals surface area contributed by atoms with E-state index in [9.17, 15) is 0 Å². The summed E-state index contributed by atoms with van der Waals surface area (Å²) in [5.74, 6) is 2.79. The fourth-order valence-corrected chi connectivity index (χ4v) is 6.93. The Morgan fingerprint density at radius 1 is 0.917 bits per heavy atom. The summed E-state index contributed by atoms with van der Waals surface area (Å²) in [6.45, 7) is 20.0. The summed E-state index contributed by atoms with van der Waals surface area (Å²) in [7, 11) is 0. The summed E-state index contributed by atoms with van der Waals surface area (Å²) in [5.41, 5.74) is 2.15. The summed E-state index contributed by atoms with van der Waals surface area (Å²) >= 11 is 0. The predicted molar refractivity (Wildman–Crippen MR) is 105 cm³/mol. The van der Waals surface area contributed by atoms with E-state index in [0.717, 1.165) is 17.8 Å².